The second kappa shape index (κ2) is 5.76. The lowest BCUT2D eigenvalue weighted by Gasteiger charge is -2.14. The van der Waals surface area contributed by atoms with Gasteiger partial charge in [0.15, 0.2) is 0 Å². The zero-order valence-corrected chi connectivity index (χ0v) is 10.1. The molecule has 0 fully saturated rings. The van der Waals surface area contributed by atoms with E-state index in [-0.39, 0.29) is 0 Å². The molecule has 0 radical (unpaired) electrons. The third kappa shape index (κ3) is 3.92. The minimum absolute atomic E-state index is 0.538. The summed E-state index contributed by atoms with van der Waals surface area (Å²) < 4.78 is 5.10. The van der Waals surface area contributed by atoms with Gasteiger partial charge in [0.05, 0.1) is 6.61 Å². The maximum Gasteiger partial charge on any atom is 0.0504 e. The molecule has 1 N–H and O–H groups in total. The lowest BCUT2D eigenvalue weighted by molar-refractivity contribution is 0.164. The number of nitrogens with one attached hydrogen (secondary N) is 1. The second-order valence-electron chi connectivity index (χ2n) is 4.26. The van der Waals surface area contributed by atoms with E-state index in [4.69, 9.17) is 4.74 Å². The Morgan fingerprint density at radius 2 is 2.07 bits per heavy atom. The summed E-state index contributed by atoms with van der Waals surface area (Å²) in [5.74, 6) is 0.538. The molecule has 0 saturated heterocycles. The number of hydrogen-bond acceptors (Lipinski definition) is 2. The average molecular weight is 207 g/mol. The average Bonchev–Trinajstić information content (AvgIpc) is 2.17. The van der Waals surface area contributed by atoms with Crippen molar-refractivity contribution in [3.05, 3.63) is 29.3 Å². The van der Waals surface area contributed by atoms with E-state index in [1.165, 1.54) is 16.8 Å². The Hall–Kier alpha value is -1.02. The fraction of sp³-hybridized carbons (Fsp3) is 0.538. The molecule has 0 spiro atoms. The van der Waals surface area contributed by atoms with Gasteiger partial charge in [0, 0.05) is 19.3 Å². The van der Waals surface area contributed by atoms with Gasteiger partial charge in [-0.2, -0.15) is 0 Å². The highest BCUT2D eigenvalue weighted by molar-refractivity contribution is 5.51. The quantitative estimate of drug-likeness (QED) is 0.801. The zero-order valence-electron chi connectivity index (χ0n) is 10.1. The highest BCUT2D eigenvalue weighted by Gasteiger charge is 2.02. The van der Waals surface area contributed by atoms with Crippen molar-refractivity contribution in [2.75, 3.05) is 25.6 Å². The van der Waals surface area contributed by atoms with Crippen LogP contribution in [0, 0.1) is 19.8 Å². The van der Waals surface area contributed by atoms with Gasteiger partial charge in [0.1, 0.15) is 0 Å². The summed E-state index contributed by atoms with van der Waals surface area (Å²) in [5.41, 5.74) is 3.84. The van der Waals surface area contributed by atoms with Gasteiger partial charge in [0.25, 0.3) is 0 Å². The van der Waals surface area contributed by atoms with Crippen molar-refractivity contribution in [3.63, 3.8) is 0 Å². The van der Waals surface area contributed by atoms with Crippen LogP contribution in [0.5, 0.6) is 0 Å². The largest absolute Gasteiger partial charge is 0.384 e. The van der Waals surface area contributed by atoms with Gasteiger partial charge in [-0.15, -0.1) is 0 Å². The van der Waals surface area contributed by atoms with Gasteiger partial charge >= 0.3 is 0 Å². The minimum Gasteiger partial charge on any atom is -0.384 e. The van der Waals surface area contributed by atoms with Crippen LogP contribution in [0.25, 0.3) is 0 Å². The van der Waals surface area contributed by atoms with Crippen LogP contribution >= 0.6 is 0 Å². The second-order valence-corrected chi connectivity index (χ2v) is 4.26. The Bertz CT molecular complexity index is 309. The molecule has 1 aromatic carbocycles. The van der Waals surface area contributed by atoms with Gasteiger partial charge in [-0.1, -0.05) is 24.6 Å². The van der Waals surface area contributed by atoms with E-state index in [0.29, 0.717) is 5.92 Å². The summed E-state index contributed by atoms with van der Waals surface area (Å²) in [4.78, 5) is 0. The van der Waals surface area contributed by atoms with E-state index < -0.39 is 0 Å². The molecule has 1 atom stereocenters. The van der Waals surface area contributed by atoms with E-state index in [1.54, 1.807) is 7.11 Å². The van der Waals surface area contributed by atoms with Crippen LogP contribution < -0.4 is 5.32 Å². The van der Waals surface area contributed by atoms with Crippen molar-refractivity contribution >= 4 is 5.69 Å². The van der Waals surface area contributed by atoms with Crippen LogP contribution in [0.15, 0.2) is 18.2 Å². The molecule has 0 saturated carbocycles. The maximum absolute atomic E-state index is 5.10. The molecule has 0 aliphatic heterocycles. The molecular weight excluding hydrogens is 186 g/mol. The Labute approximate surface area is 92.6 Å². The lowest BCUT2D eigenvalue weighted by Crippen LogP contribution is -2.16. The third-order valence-electron chi connectivity index (χ3n) is 2.47. The van der Waals surface area contributed by atoms with Crippen LogP contribution in [-0.2, 0) is 4.74 Å². The monoisotopic (exact) mass is 207 g/mol. The predicted octanol–water partition coefficient (Wildman–Crippen LogP) is 3.00. The molecule has 1 unspecified atom stereocenters. The van der Waals surface area contributed by atoms with Gasteiger partial charge < -0.3 is 10.1 Å². The van der Waals surface area contributed by atoms with Crippen molar-refractivity contribution in [2.45, 2.75) is 20.8 Å². The molecular formula is C13H21NO. The van der Waals surface area contributed by atoms with Crippen molar-refractivity contribution < 1.29 is 4.74 Å². The smallest absolute Gasteiger partial charge is 0.0504 e. The molecule has 2 heteroatoms. The number of ether oxygens (including phenoxy) is 1. The Kier molecular flexibility index (Phi) is 4.63. The number of aryl methyl sites for hydroxylation is 2. The summed E-state index contributed by atoms with van der Waals surface area (Å²) in [6.07, 6.45) is 0. The molecule has 1 aromatic rings. The molecule has 0 heterocycles. The highest BCUT2D eigenvalue weighted by atomic mass is 16.5. The molecule has 2 nitrogen and oxygen atoms in total. The van der Waals surface area contributed by atoms with Crippen LogP contribution in [0.4, 0.5) is 5.69 Å². The van der Waals surface area contributed by atoms with Crippen molar-refractivity contribution in [1.29, 1.82) is 0 Å². The zero-order chi connectivity index (χ0) is 11.3. The number of anilines is 1. The van der Waals surface area contributed by atoms with E-state index in [2.05, 4.69) is 44.3 Å². The van der Waals surface area contributed by atoms with Gasteiger partial charge in [-0.05, 0) is 31.4 Å². The van der Waals surface area contributed by atoms with Crippen LogP contribution in [0.1, 0.15) is 18.1 Å². The van der Waals surface area contributed by atoms with E-state index in [0.717, 1.165) is 13.2 Å². The van der Waals surface area contributed by atoms with Gasteiger partial charge in [-0.25, -0.2) is 0 Å². The summed E-state index contributed by atoms with van der Waals surface area (Å²) in [5, 5.41) is 3.44. The molecule has 1 rings (SSSR count). The minimum atomic E-state index is 0.538. The Morgan fingerprint density at radius 1 is 1.33 bits per heavy atom. The first kappa shape index (κ1) is 12.1. The number of benzene rings is 1. The summed E-state index contributed by atoms with van der Waals surface area (Å²) >= 11 is 0. The first-order valence-corrected chi connectivity index (χ1v) is 5.43. The van der Waals surface area contributed by atoms with Crippen molar-refractivity contribution in [1.82, 2.24) is 0 Å². The van der Waals surface area contributed by atoms with Crippen LogP contribution in [0.3, 0.4) is 0 Å². The molecule has 0 aliphatic rings. The normalized spacial score (nSPS) is 12.5. The summed E-state index contributed by atoms with van der Waals surface area (Å²) in [7, 11) is 1.74. The topological polar surface area (TPSA) is 21.3 Å². The SMILES string of the molecule is COCC(C)CNc1ccc(C)cc1C. The number of hydrogen-bond donors (Lipinski definition) is 1. The maximum atomic E-state index is 5.10. The fourth-order valence-electron chi connectivity index (χ4n) is 1.64. The molecule has 15 heavy (non-hydrogen) atoms. The van der Waals surface area contributed by atoms with E-state index in [9.17, 15) is 0 Å². The third-order valence-corrected chi connectivity index (χ3v) is 2.47. The predicted molar refractivity (Wildman–Crippen MR) is 65.4 cm³/mol. The molecule has 0 aromatic heterocycles. The van der Waals surface area contributed by atoms with E-state index in [1.807, 2.05) is 0 Å². The van der Waals surface area contributed by atoms with E-state index >= 15 is 0 Å². The standard InChI is InChI=1S/C13H21NO/c1-10-5-6-13(12(3)7-10)14-8-11(2)9-15-4/h5-7,11,14H,8-9H2,1-4H3. The molecule has 0 bridgehead atoms. The van der Waals surface area contributed by atoms with Crippen LogP contribution in [-0.4, -0.2) is 20.3 Å². The first-order valence-electron chi connectivity index (χ1n) is 5.43. The molecule has 0 amide bonds. The number of rotatable bonds is 5. The molecule has 84 valence electrons. The summed E-state index contributed by atoms with van der Waals surface area (Å²) in [6.45, 7) is 8.19. The van der Waals surface area contributed by atoms with Crippen molar-refractivity contribution in [2.24, 2.45) is 5.92 Å². The lowest BCUT2D eigenvalue weighted by atomic mass is 10.1. The Balaban J connectivity index is 2.50. The number of methoxy groups -OCH3 is 1. The highest BCUT2D eigenvalue weighted by Crippen LogP contribution is 2.16. The van der Waals surface area contributed by atoms with Crippen LogP contribution in [0.2, 0.25) is 0 Å². The van der Waals surface area contributed by atoms with Gasteiger partial charge in [0.2, 0.25) is 0 Å². The first-order chi connectivity index (χ1) is 7.13. The van der Waals surface area contributed by atoms with Gasteiger partial charge in [-0.3, -0.25) is 0 Å². The molecule has 0 aliphatic carbocycles. The van der Waals surface area contributed by atoms with Crippen molar-refractivity contribution in [3.8, 4) is 0 Å². The Morgan fingerprint density at radius 3 is 2.67 bits per heavy atom. The fourth-order valence-corrected chi connectivity index (χ4v) is 1.64. The summed E-state index contributed by atoms with van der Waals surface area (Å²) in [6, 6.07) is 6.48.